The number of aryl methyl sites for hydroxylation is 1. The van der Waals surface area contributed by atoms with Crippen molar-refractivity contribution in [2.45, 2.75) is 6.18 Å². The molecule has 0 aliphatic heterocycles. The van der Waals surface area contributed by atoms with Crippen molar-refractivity contribution in [3.05, 3.63) is 78.9 Å². The molecule has 3 aromatic heterocycles. The number of amides is 1. The Hall–Kier alpha value is -5.33. The fourth-order valence-corrected chi connectivity index (χ4v) is 4.14. The first-order chi connectivity index (χ1) is 20.1. The maximum Gasteiger partial charge on any atom is 0.422 e. The number of nitrogens with one attached hydrogen (secondary N) is 2. The molecule has 0 spiro atoms. The molecule has 0 bridgehead atoms. The molecular weight excluding hydrogens is 553 g/mol. The lowest BCUT2D eigenvalue weighted by molar-refractivity contribution is -0.153. The van der Waals surface area contributed by atoms with E-state index in [1.807, 2.05) is 17.7 Å². The van der Waals surface area contributed by atoms with Gasteiger partial charge in [-0.2, -0.15) is 13.2 Å². The number of imidazole rings is 1. The monoisotopic (exact) mass is 582 g/mol. The number of hydrogen-bond donors (Lipinski definition) is 2. The van der Waals surface area contributed by atoms with Crippen molar-refractivity contribution in [3.63, 3.8) is 0 Å². The van der Waals surface area contributed by atoms with E-state index >= 15 is 0 Å². The molecule has 1 amide bonds. The summed E-state index contributed by atoms with van der Waals surface area (Å²) >= 11 is 0. The molecule has 13 heteroatoms. The number of methoxy groups -OCH3 is 1. The lowest BCUT2D eigenvalue weighted by Gasteiger charge is -2.15. The van der Waals surface area contributed by atoms with Crippen LogP contribution in [0.5, 0.6) is 23.0 Å². The van der Waals surface area contributed by atoms with Gasteiger partial charge < -0.3 is 29.4 Å². The molecule has 0 unspecified atom stereocenters. The van der Waals surface area contributed by atoms with Crippen LogP contribution in [0.15, 0.2) is 73.2 Å². The molecule has 0 aliphatic carbocycles. The molecule has 0 atom stereocenters. The van der Waals surface area contributed by atoms with Crippen LogP contribution < -0.4 is 24.8 Å². The van der Waals surface area contributed by atoms with E-state index in [4.69, 9.17) is 14.2 Å². The molecule has 0 saturated heterocycles. The van der Waals surface area contributed by atoms with Gasteiger partial charge in [-0.05, 0) is 42.5 Å². The van der Waals surface area contributed by atoms with Crippen molar-refractivity contribution in [3.8, 4) is 34.1 Å². The molecule has 5 aromatic rings. The largest absolute Gasteiger partial charge is 0.495 e. The van der Waals surface area contributed by atoms with Gasteiger partial charge in [0.2, 0.25) is 5.95 Å². The Kier molecular flexibility index (Phi) is 7.82. The van der Waals surface area contributed by atoms with Crippen LogP contribution in [0.25, 0.3) is 22.2 Å². The standard InChI is InChI=1S/C29H25F3N6O4.2H2/c1-33-27(39)24-13-20(8-9-35-24)42-19-5-6-25-23(12-19)37-28(38(25)2)36-18-4-7-26(41-16-29(30,31)32)22(11-18)17-10-21(40-3)15-34-14-17;;/h4-15H,16H2,1-3H3,(H,33,39)(H,36,37);2*1H. The summed E-state index contributed by atoms with van der Waals surface area (Å²) in [6.07, 6.45) is -0.00925. The van der Waals surface area contributed by atoms with Gasteiger partial charge in [-0.3, -0.25) is 14.8 Å². The Balaban J connectivity index is 0.00000264. The number of hydrogen-bond acceptors (Lipinski definition) is 8. The molecule has 0 radical (unpaired) electrons. The van der Waals surface area contributed by atoms with Crippen LogP contribution >= 0.6 is 0 Å². The van der Waals surface area contributed by atoms with Crippen LogP contribution in [0.3, 0.4) is 0 Å². The summed E-state index contributed by atoms with van der Waals surface area (Å²) in [4.78, 5) is 24.7. The van der Waals surface area contributed by atoms with Gasteiger partial charge in [-0.1, -0.05) is 0 Å². The second-order valence-electron chi connectivity index (χ2n) is 9.06. The SMILES string of the molecule is CNC(=O)c1cc(Oc2ccc3c(c2)nc(Nc2ccc(OCC(F)(F)F)c(-c4cncc(OC)c4)c2)n3C)ccn1.[HH].[HH]. The number of nitrogens with zero attached hydrogens (tertiary/aromatic N) is 4. The smallest absolute Gasteiger partial charge is 0.422 e. The maximum absolute atomic E-state index is 12.9. The molecule has 2 N–H and O–H groups in total. The third kappa shape index (κ3) is 6.35. The highest BCUT2D eigenvalue weighted by Gasteiger charge is 2.29. The molecule has 2 aromatic carbocycles. The number of benzene rings is 2. The van der Waals surface area contributed by atoms with Crippen LogP contribution in [0.4, 0.5) is 24.8 Å². The quantitative estimate of drug-likeness (QED) is 0.206. The van der Waals surface area contributed by atoms with Crippen LogP contribution in [0, 0.1) is 0 Å². The highest BCUT2D eigenvalue weighted by Crippen LogP contribution is 2.36. The molecule has 42 heavy (non-hydrogen) atoms. The number of fused-ring (bicyclic) bond motifs is 1. The molecule has 3 heterocycles. The summed E-state index contributed by atoms with van der Waals surface area (Å²) in [7, 11) is 4.82. The Bertz CT molecular complexity index is 1770. The predicted molar refractivity (Wildman–Crippen MR) is 154 cm³/mol. The zero-order chi connectivity index (χ0) is 29.9. The number of carbonyl (C=O) groups excluding carboxylic acids is 1. The minimum Gasteiger partial charge on any atom is -0.495 e. The van der Waals surface area contributed by atoms with E-state index in [0.29, 0.717) is 45.5 Å². The summed E-state index contributed by atoms with van der Waals surface area (Å²) in [5, 5.41) is 5.75. The third-order valence-electron chi connectivity index (χ3n) is 6.17. The van der Waals surface area contributed by atoms with E-state index in [-0.39, 0.29) is 20.2 Å². The van der Waals surface area contributed by atoms with Crippen molar-refractivity contribution in [1.82, 2.24) is 24.8 Å². The van der Waals surface area contributed by atoms with Crippen molar-refractivity contribution < 1.29 is 35.0 Å². The first-order valence-electron chi connectivity index (χ1n) is 12.6. The maximum atomic E-state index is 12.9. The van der Waals surface area contributed by atoms with Crippen molar-refractivity contribution in [2.75, 3.05) is 26.1 Å². The van der Waals surface area contributed by atoms with E-state index in [1.54, 1.807) is 36.4 Å². The number of rotatable bonds is 9. The average Bonchev–Trinajstić information content (AvgIpc) is 3.29. The van der Waals surface area contributed by atoms with Crippen LogP contribution in [0.1, 0.15) is 13.3 Å². The molecular formula is C29H29F3N6O4. The van der Waals surface area contributed by atoms with E-state index < -0.39 is 12.8 Å². The molecule has 10 nitrogen and oxygen atoms in total. The predicted octanol–water partition coefficient (Wildman–Crippen LogP) is 6.37. The summed E-state index contributed by atoms with van der Waals surface area (Å²) in [5.74, 6) is 1.56. The van der Waals surface area contributed by atoms with Gasteiger partial charge in [0.05, 0.1) is 24.3 Å². The molecule has 5 rings (SSSR count). The van der Waals surface area contributed by atoms with Gasteiger partial charge in [0.1, 0.15) is 28.7 Å². The Labute approximate surface area is 241 Å². The van der Waals surface area contributed by atoms with Gasteiger partial charge in [0.15, 0.2) is 6.61 Å². The highest BCUT2D eigenvalue weighted by atomic mass is 19.4. The van der Waals surface area contributed by atoms with Gasteiger partial charge in [-0.25, -0.2) is 4.98 Å². The first-order valence-corrected chi connectivity index (χ1v) is 12.6. The van der Waals surface area contributed by atoms with Gasteiger partial charge in [0.25, 0.3) is 5.91 Å². The van der Waals surface area contributed by atoms with E-state index in [2.05, 4.69) is 25.6 Å². The summed E-state index contributed by atoms with van der Waals surface area (Å²) < 4.78 is 56.8. The van der Waals surface area contributed by atoms with E-state index in [9.17, 15) is 18.0 Å². The average molecular weight is 583 g/mol. The van der Waals surface area contributed by atoms with Crippen molar-refractivity contribution in [1.29, 1.82) is 0 Å². The van der Waals surface area contributed by atoms with Gasteiger partial charge >= 0.3 is 6.18 Å². The number of carbonyl (C=O) groups is 1. The minimum absolute atomic E-state index is 0. The highest BCUT2D eigenvalue weighted by molar-refractivity contribution is 5.92. The minimum atomic E-state index is -4.50. The number of alkyl halides is 3. The summed E-state index contributed by atoms with van der Waals surface area (Å²) in [6, 6.07) is 14.9. The van der Waals surface area contributed by atoms with Crippen molar-refractivity contribution in [2.24, 2.45) is 7.05 Å². The number of ether oxygens (including phenoxy) is 3. The molecule has 0 fully saturated rings. The second-order valence-corrected chi connectivity index (χ2v) is 9.06. The summed E-state index contributed by atoms with van der Waals surface area (Å²) in [5.41, 5.74) is 3.10. The third-order valence-corrected chi connectivity index (χ3v) is 6.17. The van der Waals surface area contributed by atoms with Crippen LogP contribution in [-0.4, -0.2) is 52.4 Å². The number of pyridine rings is 2. The Morgan fingerprint density at radius 2 is 1.83 bits per heavy atom. The van der Waals surface area contributed by atoms with E-state index in [1.165, 1.54) is 44.9 Å². The molecule has 0 aliphatic rings. The zero-order valence-corrected chi connectivity index (χ0v) is 22.7. The lowest BCUT2D eigenvalue weighted by atomic mass is 10.1. The fraction of sp³-hybridized carbons (Fsp3) is 0.172. The summed E-state index contributed by atoms with van der Waals surface area (Å²) in [6.45, 7) is -1.44. The van der Waals surface area contributed by atoms with E-state index in [0.717, 1.165) is 5.52 Å². The Morgan fingerprint density at radius 3 is 2.60 bits per heavy atom. The van der Waals surface area contributed by atoms with Crippen LogP contribution in [-0.2, 0) is 7.05 Å². The number of aromatic nitrogens is 4. The normalized spacial score (nSPS) is 11.3. The molecule has 220 valence electrons. The Morgan fingerprint density at radius 1 is 1.02 bits per heavy atom. The fourth-order valence-electron chi connectivity index (χ4n) is 4.14. The first kappa shape index (κ1) is 28.2. The molecule has 0 saturated carbocycles. The van der Waals surface area contributed by atoms with Crippen molar-refractivity contribution >= 4 is 28.6 Å². The zero-order valence-electron chi connectivity index (χ0n) is 22.7. The van der Waals surface area contributed by atoms with Gasteiger partial charge in [-0.15, -0.1) is 0 Å². The number of halogens is 3. The lowest BCUT2D eigenvalue weighted by Crippen LogP contribution is -2.19. The topological polar surface area (TPSA) is 112 Å². The second kappa shape index (κ2) is 11.6. The van der Waals surface area contributed by atoms with Crippen LogP contribution in [0.2, 0.25) is 0 Å². The number of anilines is 2. The van der Waals surface area contributed by atoms with Gasteiger partial charge in [0, 0.05) is 58.3 Å².